The Morgan fingerprint density at radius 1 is 1.60 bits per heavy atom. The quantitative estimate of drug-likeness (QED) is 0.542. The molecule has 3 nitrogen and oxygen atoms in total. The molecule has 0 heterocycles. The number of hydrogen-bond donors (Lipinski definition) is 1. The highest BCUT2D eigenvalue weighted by molar-refractivity contribution is 5.66. The van der Waals surface area contributed by atoms with E-state index in [1.54, 1.807) is 13.8 Å². The Kier molecular flexibility index (Phi) is 5.29. The maximum absolute atomic E-state index is 10.8. The number of ether oxygens (including phenoxy) is 1. The number of hydrogen-bond acceptors (Lipinski definition) is 3. The van der Waals surface area contributed by atoms with E-state index in [9.17, 15) is 9.90 Å². The normalized spacial score (nSPS) is 16.3. The van der Waals surface area contributed by atoms with Gasteiger partial charge >= 0.3 is 5.97 Å². The average molecular weight is 212 g/mol. The standard InChI is InChI=1S/C12H20O3/c1-6-12(5,14)8-7-11(9(2)3)15-10(4)13/h6,11,14H,1-2,7-8H2,3-5H3/t11-,12-/m0/s1. The van der Waals surface area contributed by atoms with Crippen LogP contribution in [-0.4, -0.2) is 22.8 Å². The predicted octanol–water partition coefficient (Wildman–Crippen LogP) is 2.21. The van der Waals surface area contributed by atoms with Crippen LogP contribution in [0.5, 0.6) is 0 Å². The highest BCUT2D eigenvalue weighted by Crippen LogP contribution is 2.19. The summed E-state index contributed by atoms with van der Waals surface area (Å²) in [6.07, 6.45) is 2.19. The van der Waals surface area contributed by atoms with Crippen molar-refractivity contribution < 1.29 is 14.6 Å². The van der Waals surface area contributed by atoms with Crippen LogP contribution in [0.4, 0.5) is 0 Å². The van der Waals surface area contributed by atoms with Crippen molar-refractivity contribution in [1.82, 2.24) is 0 Å². The monoisotopic (exact) mass is 212 g/mol. The van der Waals surface area contributed by atoms with Crippen LogP contribution in [0.3, 0.4) is 0 Å². The Balaban J connectivity index is 4.25. The summed E-state index contributed by atoms with van der Waals surface area (Å²) in [6, 6.07) is 0. The molecular weight excluding hydrogens is 192 g/mol. The second-order valence-corrected chi connectivity index (χ2v) is 4.04. The van der Waals surface area contributed by atoms with E-state index in [0.717, 1.165) is 5.57 Å². The lowest BCUT2D eigenvalue weighted by Gasteiger charge is -2.23. The van der Waals surface area contributed by atoms with Crippen molar-refractivity contribution in [2.24, 2.45) is 0 Å². The number of aliphatic hydroxyl groups is 1. The highest BCUT2D eigenvalue weighted by Gasteiger charge is 2.20. The lowest BCUT2D eigenvalue weighted by Crippen LogP contribution is -2.25. The Bertz CT molecular complexity index is 254. The molecule has 0 aromatic carbocycles. The van der Waals surface area contributed by atoms with Crippen LogP contribution in [0.2, 0.25) is 0 Å². The first-order valence-electron chi connectivity index (χ1n) is 4.97. The third-order valence-corrected chi connectivity index (χ3v) is 2.21. The molecule has 0 aromatic rings. The molecule has 15 heavy (non-hydrogen) atoms. The van der Waals surface area contributed by atoms with Gasteiger partial charge in [0.1, 0.15) is 6.10 Å². The summed E-state index contributed by atoms with van der Waals surface area (Å²) >= 11 is 0. The van der Waals surface area contributed by atoms with Gasteiger partial charge in [0.15, 0.2) is 0 Å². The molecule has 0 saturated carbocycles. The third kappa shape index (κ3) is 6.07. The lowest BCUT2D eigenvalue weighted by molar-refractivity contribution is -0.145. The molecule has 0 saturated heterocycles. The fourth-order valence-electron chi connectivity index (χ4n) is 1.13. The van der Waals surface area contributed by atoms with Gasteiger partial charge in [0.2, 0.25) is 0 Å². The Morgan fingerprint density at radius 2 is 2.13 bits per heavy atom. The van der Waals surface area contributed by atoms with Crippen molar-refractivity contribution in [3.63, 3.8) is 0 Å². The SMILES string of the molecule is C=C[C@](C)(O)CC[C@H](OC(C)=O)C(=C)C. The van der Waals surface area contributed by atoms with Crippen LogP contribution in [-0.2, 0) is 9.53 Å². The molecule has 0 radical (unpaired) electrons. The summed E-state index contributed by atoms with van der Waals surface area (Å²) < 4.78 is 5.07. The minimum Gasteiger partial charge on any atom is -0.458 e. The summed E-state index contributed by atoms with van der Waals surface area (Å²) in [5, 5.41) is 9.70. The van der Waals surface area contributed by atoms with E-state index in [-0.39, 0.29) is 12.1 Å². The Morgan fingerprint density at radius 3 is 2.47 bits per heavy atom. The van der Waals surface area contributed by atoms with Gasteiger partial charge in [-0.1, -0.05) is 12.7 Å². The molecule has 0 spiro atoms. The van der Waals surface area contributed by atoms with Gasteiger partial charge in [-0.2, -0.15) is 0 Å². The second-order valence-electron chi connectivity index (χ2n) is 4.04. The van der Waals surface area contributed by atoms with Crippen molar-refractivity contribution in [2.45, 2.75) is 45.3 Å². The van der Waals surface area contributed by atoms with Crippen LogP contribution < -0.4 is 0 Å². The van der Waals surface area contributed by atoms with Crippen LogP contribution >= 0.6 is 0 Å². The molecule has 3 heteroatoms. The van der Waals surface area contributed by atoms with Gasteiger partial charge in [-0.25, -0.2) is 0 Å². The van der Waals surface area contributed by atoms with Gasteiger partial charge in [0.25, 0.3) is 0 Å². The fourth-order valence-corrected chi connectivity index (χ4v) is 1.13. The Hall–Kier alpha value is -1.09. The van der Waals surface area contributed by atoms with Gasteiger partial charge < -0.3 is 9.84 Å². The molecule has 0 aliphatic carbocycles. The summed E-state index contributed by atoms with van der Waals surface area (Å²) in [5.74, 6) is -0.332. The first-order valence-corrected chi connectivity index (χ1v) is 4.97. The largest absolute Gasteiger partial charge is 0.458 e. The molecule has 0 aliphatic heterocycles. The van der Waals surface area contributed by atoms with Crippen molar-refractivity contribution in [3.05, 3.63) is 24.8 Å². The summed E-state index contributed by atoms with van der Waals surface area (Å²) in [4.78, 5) is 10.8. The molecule has 0 amide bonds. The summed E-state index contributed by atoms with van der Waals surface area (Å²) in [7, 11) is 0. The van der Waals surface area contributed by atoms with Crippen molar-refractivity contribution in [3.8, 4) is 0 Å². The molecule has 2 atom stereocenters. The van der Waals surface area contributed by atoms with Gasteiger partial charge in [0, 0.05) is 6.92 Å². The van der Waals surface area contributed by atoms with Gasteiger partial charge in [-0.15, -0.1) is 6.58 Å². The molecule has 1 N–H and O–H groups in total. The molecule has 0 unspecified atom stereocenters. The number of carbonyl (C=O) groups excluding carboxylic acids is 1. The minimum absolute atomic E-state index is 0.325. The second kappa shape index (κ2) is 5.71. The first-order chi connectivity index (χ1) is 6.78. The molecule has 0 rings (SSSR count). The number of carbonyl (C=O) groups is 1. The minimum atomic E-state index is -0.923. The Labute approximate surface area is 91.4 Å². The number of rotatable bonds is 6. The van der Waals surface area contributed by atoms with E-state index in [2.05, 4.69) is 13.2 Å². The summed E-state index contributed by atoms with van der Waals surface area (Å²) in [6.45, 7) is 12.1. The van der Waals surface area contributed by atoms with E-state index in [1.165, 1.54) is 13.0 Å². The molecule has 0 aliphatic rings. The van der Waals surface area contributed by atoms with Crippen LogP contribution in [0.15, 0.2) is 24.8 Å². The third-order valence-electron chi connectivity index (χ3n) is 2.21. The molecule has 0 aromatic heterocycles. The maximum atomic E-state index is 10.8. The summed E-state index contributed by atoms with van der Waals surface area (Å²) in [5.41, 5.74) is -0.140. The van der Waals surface area contributed by atoms with Crippen molar-refractivity contribution in [1.29, 1.82) is 0 Å². The number of esters is 1. The first kappa shape index (κ1) is 13.9. The van der Waals surface area contributed by atoms with Gasteiger partial charge in [-0.05, 0) is 32.3 Å². The van der Waals surface area contributed by atoms with E-state index in [4.69, 9.17) is 4.74 Å². The van der Waals surface area contributed by atoms with Crippen molar-refractivity contribution >= 4 is 5.97 Å². The lowest BCUT2D eigenvalue weighted by atomic mass is 9.96. The van der Waals surface area contributed by atoms with Gasteiger partial charge in [-0.3, -0.25) is 4.79 Å². The van der Waals surface area contributed by atoms with Gasteiger partial charge in [0.05, 0.1) is 5.60 Å². The van der Waals surface area contributed by atoms with Crippen LogP contribution in [0, 0.1) is 0 Å². The van der Waals surface area contributed by atoms with E-state index < -0.39 is 5.60 Å². The molecule has 0 fully saturated rings. The molecule has 0 bridgehead atoms. The topological polar surface area (TPSA) is 46.5 Å². The zero-order chi connectivity index (χ0) is 12.1. The highest BCUT2D eigenvalue weighted by atomic mass is 16.5. The predicted molar refractivity (Wildman–Crippen MR) is 60.4 cm³/mol. The van der Waals surface area contributed by atoms with E-state index >= 15 is 0 Å². The average Bonchev–Trinajstić information content (AvgIpc) is 2.11. The van der Waals surface area contributed by atoms with E-state index in [1.807, 2.05) is 0 Å². The zero-order valence-electron chi connectivity index (χ0n) is 9.75. The van der Waals surface area contributed by atoms with Crippen molar-refractivity contribution in [2.75, 3.05) is 0 Å². The molecule has 86 valence electrons. The fraction of sp³-hybridized carbons (Fsp3) is 0.583. The molecular formula is C12H20O3. The maximum Gasteiger partial charge on any atom is 0.303 e. The smallest absolute Gasteiger partial charge is 0.303 e. The van der Waals surface area contributed by atoms with Crippen LogP contribution in [0.25, 0.3) is 0 Å². The zero-order valence-corrected chi connectivity index (χ0v) is 9.75. The van der Waals surface area contributed by atoms with Crippen LogP contribution in [0.1, 0.15) is 33.6 Å². The van der Waals surface area contributed by atoms with E-state index in [0.29, 0.717) is 12.8 Å².